The van der Waals surface area contributed by atoms with Gasteiger partial charge in [0, 0.05) is 19.6 Å². The van der Waals surface area contributed by atoms with Crippen LogP contribution in [0.2, 0.25) is 0 Å². The predicted octanol–water partition coefficient (Wildman–Crippen LogP) is -1.29. The monoisotopic (exact) mass is 100 g/mol. The molecule has 1 aliphatic rings. The Kier molecular flexibility index (Phi) is 1.27. The number of nitrogens with two attached hydrogens (primary N) is 2. The average Bonchev–Trinajstić information content (AvgIpc) is 2.22. The SMILES string of the molecule is N[CH]CN1CC1N. The molecule has 0 aromatic carbocycles. The summed E-state index contributed by atoms with van der Waals surface area (Å²) in [7, 11) is 0. The van der Waals surface area contributed by atoms with Crippen LogP contribution in [0, 0.1) is 6.54 Å². The molecule has 0 saturated carbocycles. The Labute approximate surface area is 43.3 Å². The summed E-state index contributed by atoms with van der Waals surface area (Å²) in [6.07, 6.45) is 0.291. The highest BCUT2D eigenvalue weighted by atomic mass is 15.4. The van der Waals surface area contributed by atoms with Gasteiger partial charge in [0.25, 0.3) is 0 Å². The molecule has 1 radical (unpaired) electrons. The molecule has 1 heterocycles. The number of hydrogen-bond donors (Lipinski definition) is 2. The number of nitrogens with zero attached hydrogens (tertiary/aromatic N) is 1. The van der Waals surface area contributed by atoms with Crippen LogP contribution in [0.4, 0.5) is 0 Å². The molecule has 0 amide bonds. The van der Waals surface area contributed by atoms with Crippen molar-refractivity contribution in [1.29, 1.82) is 0 Å². The minimum atomic E-state index is 0.291. The molecule has 7 heavy (non-hydrogen) atoms. The second-order valence-corrected chi connectivity index (χ2v) is 1.76. The fraction of sp³-hybridized carbons (Fsp3) is 0.750. The second kappa shape index (κ2) is 1.78. The van der Waals surface area contributed by atoms with E-state index in [0.717, 1.165) is 13.1 Å². The predicted molar refractivity (Wildman–Crippen MR) is 28.0 cm³/mol. The Morgan fingerprint density at radius 2 is 2.43 bits per heavy atom. The molecular formula is C4H10N3. The summed E-state index contributed by atoms with van der Waals surface area (Å²) < 4.78 is 0. The molecule has 0 aromatic heterocycles. The zero-order chi connectivity index (χ0) is 5.28. The van der Waals surface area contributed by atoms with Crippen molar-refractivity contribution in [2.24, 2.45) is 11.5 Å². The van der Waals surface area contributed by atoms with Crippen molar-refractivity contribution in [2.75, 3.05) is 13.1 Å². The molecule has 2 unspecified atom stereocenters. The Bertz CT molecular complexity index is 64.0. The van der Waals surface area contributed by atoms with Gasteiger partial charge in [-0.05, 0) is 0 Å². The zero-order valence-corrected chi connectivity index (χ0v) is 4.17. The second-order valence-electron chi connectivity index (χ2n) is 1.76. The molecule has 0 aliphatic carbocycles. The third-order valence-electron chi connectivity index (χ3n) is 1.10. The molecule has 1 saturated heterocycles. The molecule has 0 bridgehead atoms. The van der Waals surface area contributed by atoms with Crippen molar-refractivity contribution < 1.29 is 0 Å². The lowest BCUT2D eigenvalue weighted by Gasteiger charge is -1.92. The Morgan fingerprint density at radius 3 is 2.57 bits per heavy atom. The Balaban J connectivity index is 1.98. The van der Waals surface area contributed by atoms with Gasteiger partial charge in [-0.3, -0.25) is 4.90 Å². The van der Waals surface area contributed by atoms with Crippen LogP contribution in [0.1, 0.15) is 0 Å². The molecule has 1 fully saturated rings. The highest BCUT2D eigenvalue weighted by molar-refractivity contribution is 4.85. The van der Waals surface area contributed by atoms with Crippen molar-refractivity contribution in [3.8, 4) is 0 Å². The van der Waals surface area contributed by atoms with Crippen LogP contribution in [0.3, 0.4) is 0 Å². The normalized spacial score (nSPS) is 38.6. The fourth-order valence-corrected chi connectivity index (χ4v) is 0.538. The van der Waals surface area contributed by atoms with Gasteiger partial charge in [-0.15, -0.1) is 0 Å². The van der Waals surface area contributed by atoms with E-state index in [0.29, 0.717) is 6.17 Å². The van der Waals surface area contributed by atoms with Gasteiger partial charge in [-0.2, -0.15) is 0 Å². The van der Waals surface area contributed by atoms with Crippen LogP contribution in [0.25, 0.3) is 0 Å². The van der Waals surface area contributed by atoms with Crippen LogP contribution in [0.15, 0.2) is 0 Å². The third-order valence-corrected chi connectivity index (χ3v) is 1.10. The van der Waals surface area contributed by atoms with E-state index >= 15 is 0 Å². The molecule has 2 atom stereocenters. The molecule has 0 aromatic rings. The van der Waals surface area contributed by atoms with Crippen molar-refractivity contribution in [3.05, 3.63) is 6.54 Å². The van der Waals surface area contributed by atoms with E-state index in [4.69, 9.17) is 11.5 Å². The van der Waals surface area contributed by atoms with Gasteiger partial charge in [0.05, 0.1) is 6.17 Å². The lowest BCUT2D eigenvalue weighted by Crippen LogP contribution is -2.14. The summed E-state index contributed by atoms with van der Waals surface area (Å²) in [4.78, 5) is 2.07. The Hall–Kier alpha value is -0.120. The lowest BCUT2D eigenvalue weighted by atomic mass is 10.7. The summed E-state index contributed by atoms with van der Waals surface area (Å²) in [6.45, 7) is 3.46. The van der Waals surface area contributed by atoms with E-state index in [1.807, 2.05) is 0 Å². The first-order valence-corrected chi connectivity index (χ1v) is 2.37. The summed E-state index contributed by atoms with van der Waals surface area (Å²) in [5.41, 5.74) is 10.5. The first kappa shape index (κ1) is 5.03. The van der Waals surface area contributed by atoms with Crippen LogP contribution in [-0.2, 0) is 0 Å². The molecule has 3 nitrogen and oxygen atoms in total. The Morgan fingerprint density at radius 1 is 1.86 bits per heavy atom. The van der Waals surface area contributed by atoms with E-state index in [9.17, 15) is 0 Å². The van der Waals surface area contributed by atoms with Crippen LogP contribution in [-0.4, -0.2) is 24.2 Å². The summed E-state index contributed by atoms with van der Waals surface area (Å²) in [5, 5.41) is 0. The molecule has 1 aliphatic heterocycles. The maximum atomic E-state index is 5.40. The standard InChI is InChI=1S/C4H10N3/c5-1-2-7-3-4(7)6/h1,4H,2-3,5-6H2. The highest BCUT2D eigenvalue weighted by Gasteiger charge is 2.27. The number of rotatable bonds is 2. The van der Waals surface area contributed by atoms with Crippen LogP contribution in [0.5, 0.6) is 0 Å². The smallest absolute Gasteiger partial charge is 0.0705 e. The van der Waals surface area contributed by atoms with Gasteiger partial charge in [0.1, 0.15) is 0 Å². The van der Waals surface area contributed by atoms with Gasteiger partial charge in [-0.25, -0.2) is 0 Å². The first-order valence-electron chi connectivity index (χ1n) is 2.37. The fourth-order valence-electron chi connectivity index (χ4n) is 0.538. The average molecular weight is 100 g/mol. The van der Waals surface area contributed by atoms with E-state index < -0.39 is 0 Å². The zero-order valence-electron chi connectivity index (χ0n) is 4.17. The maximum Gasteiger partial charge on any atom is 0.0705 e. The van der Waals surface area contributed by atoms with E-state index in [2.05, 4.69) is 4.90 Å². The molecule has 1 rings (SSSR count). The number of hydrogen-bond acceptors (Lipinski definition) is 3. The molecule has 4 N–H and O–H groups in total. The largest absolute Gasteiger partial charge is 0.325 e. The van der Waals surface area contributed by atoms with Crippen molar-refractivity contribution in [2.45, 2.75) is 6.17 Å². The van der Waals surface area contributed by atoms with Gasteiger partial charge in [0.15, 0.2) is 0 Å². The van der Waals surface area contributed by atoms with Gasteiger partial charge < -0.3 is 11.5 Å². The summed E-state index contributed by atoms with van der Waals surface area (Å²) in [6, 6.07) is 0. The van der Waals surface area contributed by atoms with Crippen LogP contribution >= 0.6 is 0 Å². The minimum Gasteiger partial charge on any atom is -0.325 e. The van der Waals surface area contributed by atoms with Crippen LogP contribution < -0.4 is 11.5 Å². The first-order chi connectivity index (χ1) is 3.34. The maximum absolute atomic E-state index is 5.40. The third kappa shape index (κ3) is 1.12. The summed E-state index contributed by atoms with van der Waals surface area (Å²) in [5.74, 6) is 0. The van der Waals surface area contributed by atoms with Gasteiger partial charge >= 0.3 is 0 Å². The van der Waals surface area contributed by atoms with Gasteiger partial charge in [0.2, 0.25) is 0 Å². The minimum absolute atomic E-state index is 0.291. The summed E-state index contributed by atoms with van der Waals surface area (Å²) >= 11 is 0. The van der Waals surface area contributed by atoms with Crippen molar-refractivity contribution >= 4 is 0 Å². The van der Waals surface area contributed by atoms with Gasteiger partial charge in [-0.1, -0.05) is 0 Å². The van der Waals surface area contributed by atoms with Crippen molar-refractivity contribution in [3.63, 3.8) is 0 Å². The highest BCUT2D eigenvalue weighted by Crippen LogP contribution is 2.08. The molecule has 41 valence electrons. The topological polar surface area (TPSA) is 55.0 Å². The van der Waals surface area contributed by atoms with E-state index in [1.165, 1.54) is 0 Å². The quantitative estimate of drug-likeness (QED) is 0.424. The molecular weight excluding hydrogens is 90.1 g/mol. The van der Waals surface area contributed by atoms with E-state index in [-0.39, 0.29) is 0 Å². The van der Waals surface area contributed by atoms with Crippen molar-refractivity contribution in [1.82, 2.24) is 4.90 Å². The van der Waals surface area contributed by atoms with E-state index in [1.54, 1.807) is 6.54 Å². The molecule has 3 heteroatoms. The lowest BCUT2D eigenvalue weighted by molar-refractivity contribution is 0.548. The molecule has 0 spiro atoms.